The summed E-state index contributed by atoms with van der Waals surface area (Å²) in [7, 11) is 0. The van der Waals surface area contributed by atoms with Crippen molar-refractivity contribution in [1.82, 2.24) is 14.5 Å². The average Bonchev–Trinajstić information content (AvgIpc) is 3.23. The number of thiazole rings is 1. The summed E-state index contributed by atoms with van der Waals surface area (Å²) in [5, 5.41) is 8.00. The third-order valence-electron chi connectivity index (χ3n) is 3.26. The first-order valence-corrected chi connectivity index (χ1v) is 7.53. The Hall–Kier alpha value is -3.00. The van der Waals surface area contributed by atoms with E-state index >= 15 is 0 Å². The second-order valence-corrected chi connectivity index (χ2v) is 5.58. The minimum Gasteiger partial charge on any atom is -0.363 e. The number of hydrogen-bond acceptors (Lipinski definition) is 5. The van der Waals surface area contributed by atoms with Gasteiger partial charge in [0.2, 0.25) is 0 Å². The van der Waals surface area contributed by atoms with Gasteiger partial charge in [-0.3, -0.25) is 9.20 Å². The highest BCUT2D eigenvalue weighted by Crippen LogP contribution is 2.24. The van der Waals surface area contributed by atoms with Crippen molar-refractivity contribution in [3.05, 3.63) is 59.7 Å². The Labute approximate surface area is 133 Å². The number of amides is 1. The molecule has 0 saturated heterocycles. The molecule has 0 bridgehead atoms. The van der Waals surface area contributed by atoms with E-state index < -0.39 is 0 Å². The van der Waals surface area contributed by atoms with Crippen LogP contribution in [0.2, 0.25) is 0 Å². The summed E-state index contributed by atoms with van der Waals surface area (Å²) in [4.78, 5) is 17.4. The molecular weight excluding hydrogens is 319 g/mol. The second-order valence-electron chi connectivity index (χ2n) is 4.75. The van der Waals surface area contributed by atoms with Crippen LogP contribution in [-0.2, 0) is 0 Å². The maximum Gasteiger partial charge on any atom is 0.274 e. The van der Waals surface area contributed by atoms with Gasteiger partial charge in [-0.15, -0.1) is 11.3 Å². The van der Waals surface area contributed by atoms with Gasteiger partial charge in [-0.05, 0) is 24.3 Å². The van der Waals surface area contributed by atoms with E-state index in [2.05, 4.69) is 20.0 Å². The monoisotopic (exact) mass is 328 g/mol. The summed E-state index contributed by atoms with van der Waals surface area (Å²) in [5.74, 6) is -0.274. The van der Waals surface area contributed by atoms with Crippen LogP contribution >= 0.6 is 11.3 Å². The minimum absolute atomic E-state index is 0.303. The number of nitrogens with zero attached hydrogens (tertiary/aromatic N) is 3. The highest BCUT2D eigenvalue weighted by Gasteiger charge is 2.16. The van der Waals surface area contributed by atoms with Gasteiger partial charge in [-0.25, -0.2) is 9.37 Å². The van der Waals surface area contributed by atoms with Crippen molar-refractivity contribution >= 4 is 28.0 Å². The molecule has 0 aliphatic heterocycles. The van der Waals surface area contributed by atoms with Crippen LogP contribution in [0.1, 0.15) is 10.5 Å². The summed E-state index contributed by atoms with van der Waals surface area (Å²) in [6.45, 7) is 0. The zero-order chi connectivity index (χ0) is 15.8. The predicted octanol–water partition coefficient (Wildman–Crippen LogP) is 3.44. The number of carbonyl (C=O) groups is 1. The number of halogens is 1. The number of carbonyl (C=O) groups excluding carboxylic acids is 1. The van der Waals surface area contributed by atoms with Gasteiger partial charge in [0.15, 0.2) is 10.8 Å². The fraction of sp³-hybridized carbons (Fsp3) is 0. The summed E-state index contributed by atoms with van der Waals surface area (Å²) in [6.07, 6.45) is 3.12. The van der Waals surface area contributed by atoms with E-state index in [1.165, 1.54) is 29.7 Å². The Kier molecular flexibility index (Phi) is 3.16. The van der Waals surface area contributed by atoms with Gasteiger partial charge >= 0.3 is 0 Å². The smallest absolute Gasteiger partial charge is 0.274 e. The van der Waals surface area contributed by atoms with Crippen molar-refractivity contribution in [2.75, 3.05) is 5.32 Å². The van der Waals surface area contributed by atoms with Crippen molar-refractivity contribution < 1.29 is 13.7 Å². The molecule has 0 spiro atoms. The molecule has 0 radical (unpaired) electrons. The number of hydrogen-bond donors (Lipinski definition) is 1. The average molecular weight is 328 g/mol. The Bertz CT molecular complexity index is 973. The number of rotatable bonds is 3. The Morgan fingerprint density at radius 3 is 2.83 bits per heavy atom. The molecule has 6 nitrogen and oxygen atoms in total. The van der Waals surface area contributed by atoms with Crippen molar-refractivity contribution in [2.45, 2.75) is 0 Å². The van der Waals surface area contributed by atoms with E-state index in [1.54, 1.807) is 34.2 Å². The molecule has 0 unspecified atom stereocenters. The third kappa shape index (κ3) is 2.49. The fourth-order valence-corrected chi connectivity index (χ4v) is 3.02. The SMILES string of the molecule is O=C(Nc1ccon1)c1csc2nc(-c3ccc(F)cc3)cn12. The van der Waals surface area contributed by atoms with Crippen LogP contribution in [0.4, 0.5) is 10.2 Å². The normalized spacial score (nSPS) is 11.0. The lowest BCUT2D eigenvalue weighted by atomic mass is 10.2. The summed E-state index contributed by atoms with van der Waals surface area (Å²) in [5.41, 5.74) is 1.89. The van der Waals surface area contributed by atoms with Crippen LogP contribution < -0.4 is 5.32 Å². The lowest BCUT2D eigenvalue weighted by molar-refractivity contribution is 0.102. The molecule has 0 atom stereocenters. The first-order valence-electron chi connectivity index (χ1n) is 6.65. The molecule has 0 aliphatic carbocycles. The van der Waals surface area contributed by atoms with Gasteiger partial charge in [0.05, 0.1) is 5.69 Å². The van der Waals surface area contributed by atoms with Crippen LogP contribution in [0.25, 0.3) is 16.2 Å². The number of fused-ring (bicyclic) bond motifs is 1. The quantitative estimate of drug-likeness (QED) is 0.625. The predicted molar refractivity (Wildman–Crippen MR) is 82.9 cm³/mol. The minimum atomic E-state index is -0.312. The zero-order valence-corrected chi connectivity index (χ0v) is 12.4. The van der Waals surface area contributed by atoms with Gasteiger partial charge in [0.1, 0.15) is 17.8 Å². The van der Waals surface area contributed by atoms with Gasteiger partial charge in [-0.1, -0.05) is 5.16 Å². The molecule has 114 valence electrons. The van der Waals surface area contributed by atoms with E-state index in [0.717, 1.165) is 5.56 Å². The number of imidazole rings is 1. The molecule has 3 heterocycles. The molecule has 1 N–H and O–H groups in total. The lowest BCUT2D eigenvalue weighted by Crippen LogP contribution is -2.13. The van der Waals surface area contributed by atoms with Crippen LogP contribution in [0.3, 0.4) is 0 Å². The van der Waals surface area contributed by atoms with Gasteiger partial charge in [-0.2, -0.15) is 0 Å². The van der Waals surface area contributed by atoms with Crippen molar-refractivity contribution in [2.24, 2.45) is 0 Å². The molecule has 4 aromatic rings. The molecule has 0 fully saturated rings. The largest absolute Gasteiger partial charge is 0.363 e. The van der Waals surface area contributed by atoms with E-state index in [9.17, 15) is 9.18 Å². The molecule has 3 aromatic heterocycles. The summed E-state index contributed by atoms with van der Waals surface area (Å²) >= 11 is 1.35. The third-order valence-corrected chi connectivity index (χ3v) is 4.10. The summed E-state index contributed by atoms with van der Waals surface area (Å²) in [6, 6.07) is 7.61. The molecule has 1 amide bonds. The van der Waals surface area contributed by atoms with Crippen molar-refractivity contribution in [1.29, 1.82) is 0 Å². The van der Waals surface area contributed by atoms with Gasteiger partial charge in [0.25, 0.3) is 5.91 Å². The van der Waals surface area contributed by atoms with Gasteiger partial charge < -0.3 is 9.84 Å². The molecule has 1 aromatic carbocycles. The van der Waals surface area contributed by atoms with E-state index in [4.69, 9.17) is 0 Å². The highest BCUT2D eigenvalue weighted by molar-refractivity contribution is 7.15. The van der Waals surface area contributed by atoms with Crippen molar-refractivity contribution in [3.8, 4) is 11.3 Å². The molecule has 23 heavy (non-hydrogen) atoms. The molecule has 0 saturated carbocycles. The topological polar surface area (TPSA) is 72.4 Å². The second kappa shape index (κ2) is 5.33. The Morgan fingerprint density at radius 1 is 1.26 bits per heavy atom. The van der Waals surface area contributed by atoms with Crippen LogP contribution in [0.15, 0.2) is 52.7 Å². The molecule has 4 rings (SSSR count). The van der Waals surface area contributed by atoms with Gasteiger partial charge in [0, 0.05) is 23.2 Å². The zero-order valence-electron chi connectivity index (χ0n) is 11.6. The number of benzene rings is 1. The van der Waals surface area contributed by atoms with Crippen LogP contribution in [-0.4, -0.2) is 20.4 Å². The Morgan fingerprint density at radius 2 is 2.09 bits per heavy atom. The number of nitrogens with one attached hydrogen (secondary N) is 1. The fourth-order valence-electron chi connectivity index (χ4n) is 2.16. The van der Waals surface area contributed by atoms with E-state index in [-0.39, 0.29) is 11.7 Å². The lowest BCUT2D eigenvalue weighted by Gasteiger charge is -1.99. The standard InChI is InChI=1S/C15H9FN4O2S/c16-10-3-1-9(2-4-10)11-7-20-12(8-23-15(20)17-11)14(21)18-13-5-6-22-19-13/h1-8H,(H,18,19,21). The molecule has 8 heteroatoms. The number of anilines is 1. The van der Waals surface area contributed by atoms with Crippen molar-refractivity contribution in [3.63, 3.8) is 0 Å². The number of aromatic nitrogens is 3. The molecule has 0 aliphatic rings. The first kappa shape index (κ1) is 13.6. The van der Waals surface area contributed by atoms with E-state index in [1.807, 2.05) is 0 Å². The van der Waals surface area contributed by atoms with Crippen LogP contribution in [0.5, 0.6) is 0 Å². The highest BCUT2D eigenvalue weighted by atomic mass is 32.1. The Balaban J connectivity index is 1.69. The van der Waals surface area contributed by atoms with Crippen LogP contribution in [0, 0.1) is 5.82 Å². The van der Waals surface area contributed by atoms with E-state index in [0.29, 0.717) is 22.2 Å². The molecular formula is C15H9FN4O2S. The summed E-state index contributed by atoms with van der Waals surface area (Å²) < 4.78 is 19.4. The maximum absolute atomic E-state index is 13.0. The maximum atomic E-state index is 13.0. The first-order chi connectivity index (χ1) is 11.2.